The van der Waals surface area contributed by atoms with Crippen LogP contribution in [0.25, 0.3) is 11.3 Å². The van der Waals surface area contributed by atoms with E-state index in [9.17, 15) is 0 Å². The molecule has 0 fully saturated rings. The second kappa shape index (κ2) is 7.67. The topological polar surface area (TPSA) is 48.1 Å². The van der Waals surface area contributed by atoms with Gasteiger partial charge in [0.2, 0.25) is 4.80 Å². The number of benzene rings is 1. The van der Waals surface area contributed by atoms with Crippen LogP contribution in [0.4, 0.5) is 0 Å². The summed E-state index contributed by atoms with van der Waals surface area (Å²) in [4.78, 5) is 6.30. The van der Waals surface area contributed by atoms with Crippen molar-refractivity contribution in [1.82, 2.24) is 4.68 Å². The van der Waals surface area contributed by atoms with Crippen molar-refractivity contribution in [2.24, 2.45) is 10.1 Å². The minimum Gasteiger partial charge on any atom is -0.497 e. The lowest BCUT2D eigenvalue weighted by Gasteiger charge is -2.11. The molecule has 2 aromatic heterocycles. The Hall–Kier alpha value is -2.38. The van der Waals surface area contributed by atoms with Crippen molar-refractivity contribution in [1.29, 1.82) is 0 Å². The SMILES string of the molecule is CN=c1scc(-c2cc(OC)ccc2OC)n1/N=C(\C)c1cccs1. The van der Waals surface area contributed by atoms with Gasteiger partial charge in [-0.2, -0.15) is 5.10 Å². The number of nitrogens with zero attached hydrogens (tertiary/aromatic N) is 3. The zero-order chi connectivity index (χ0) is 17.8. The van der Waals surface area contributed by atoms with Crippen molar-refractivity contribution in [2.75, 3.05) is 21.3 Å². The van der Waals surface area contributed by atoms with Gasteiger partial charge in [0.15, 0.2) is 0 Å². The maximum absolute atomic E-state index is 5.53. The van der Waals surface area contributed by atoms with Crippen LogP contribution < -0.4 is 14.3 Å². The maximum atomic E-state index is 5.53. The molecule has 0 spiro atoms. The van der Waals surface area contributed by atoms with E-state index in [1.54, 1.807) is 32.6 Å². The molecule has 0 aliphatic heterocycles. The largest absolute Gasteiger partial charge is 0.497 e. The standard InChI is InChI=1S/C18H19N3O2S2/c1-12(17-6-5-9-24-17)20-21-15(11-25-18(21)19-2)14-10-13(22-3)7-8-16(14)23-4/h5-11H,1-4H3/b19-18?,20-12+. The number of thiazole rings is 1. The predicted molar refractivity (Wildman–Crippen MR) is 104 cm³/mol. The fourth-order valence-electron chi connectivity index (χ4n) is 2.43. The van der Waals surface area contributed by atoms with Crippen LogP contribution in [0.5, 0.6) is 11.5 Å². The first kappa shape index (κ1) is 17.4. The molecular formula is C18H19N3O2S2. The highest BCUT2D eigenvalue weighted by atomic mass is 32.1. The van der Waals surface area contributed by atoms with Gasteiger partial charge in [0.25, 0.3) is 0 Å². The quantitative estimate of drug-likeness (QED) is 0.632. The van der Waals surface area contributed by atoms with Gasteiger partial charge in [-0.3, -0.25) is 4.99 Å². The molecule has 0 aliphatic rings. The molecule has 0 saturated carbocycles. The van der Waals surface area contributed by atoms with E-state index in [1.165, 1.54) is 11.3 Å². The normalized spacial score (nSPS) is 12.5. The average molecular weight is 374 g/mol. The molecule has 0 N–H and O–H groups in total. The monoisotopic (exact) mass is 373 g/mol. The molecule has 0 atom stereocenters. The third-order valence-electron chi connectivity index (χ3n) is 3.69. The minimum absolute atomic E-state index is 0.763. The smallest absolute Gasteiger partial charge is 0.205 e. The molecule has 0 unspecified atom stereocenters. The Kier molecular flexibility index (Phi) is 5.35. The highest BCUT2D eigenvalue weighted by Gasteiger charge is 2.14. The van der Waals surface area contributed by atoms with Gasteiger partial charge < -0.3 is 9.47 Å². The van der Waals surface area contributed by atoms with Gasteiger partial charge in [0, 0.05) is 18.0 Å². The molecule has 130 valence electrons. The molecule has 1 aromatic carbocycles. The van der Waals surface area contributed by atoms with Crippen molar-refractivity contribution in [2.45, 2.75) is 6.92 Å². The Labute approximate surface area is 154 Å². The van der Waals surface area contributed by atoms with E-state index in [2.05, 4.69) is 11.1 Å². The summed E-state index contributed by atoms with van der Waals surface area (Å²) < 4.78 is 12.8. The maximum Gasteiger partial charge on any atom is 0.205 e. The molecule has 0 saturated heterocycles. The predicted octanol–water partition coefficient (Wildman–Crippen LogP) is 4.10. The van der Waals surface area contributed by atoms with Gasteiger partial charge in [-0.25, -0.2) is 4.68 Å². The van der Waals surface area contributed by atoms with Crippen LogP contribution in [0.3, 0.4) is 0 Å². The number of hydrogen-bond donors (Lipinski definition) is 0. The van der Waals surface area contributed by atoms with E-state index in [0.29, 0.717) is 0 Å². The summed E-state index contributed by atoms with van der Waals surface area (Å²) in [5.41, 5.74) is 2.76. The molecule has 0 amide bonds. The molecule has 3 aromatic rings. The third-order valence-corrected chi connectivity index (χ3v) is 5.57. The summed E-state index contributed by atoms with van der Waals surface area (Å²) in [5.74, 6) is 1.53. The van der Waals surface area contributed by atoms with E-state index < -0.39 is 0 Å². The van der Waals surface area contributed by atoms with Crippen LogP contribution >= 0.6 is 22.7 Å². The number of rotatable bonds is 5. The number of aromatic nitrogens is 1. The van der Waals surface area contributed by atoms with Gasteiger partial charge in [0.05, 0.1) is 30.5 Å². The van der Waals surface area contributed by atoms with E-state index in [-0.39, 0.29) is 0 Å². The summed E-state index contributed by atoms with van der Waals surface area (Å²) in [6, 6.07) is 9.81. The lowest BCUT2D eigenvalue weighted by Crippen LogP contribution is -2.13. The van der Waals surface area contributed by atoms with Gasteiger partial charge in [-0.1, -0.05) is 6.07 Å². The summed E-state index contributed by atoms with van der Waals surface area (Å²) in [7, 11) is 5.08. The lowest BCUT2D eigenvalue weighted by molar-refractivity contribution is 0.404. The fourth-order valence-corrected chi connectivity index (χ4v) is 3.89. The summed E-state index contributed by atoms with van der Waals surface area (Å²) in [6.07, 6.45) is 0. The van der Waals surface area contributed by atoms with Crippen LogP contribution in [0.2, 0.25) is 0 Å². The van der Waals surface area contributed by atoms with Crippen LogP contribution in [0.1, 0.15) is 11.8 Å². The molecule has 7 heteroatoms. The number of methoxy groups -OCH3 is 2. The summed E-state index contributed by atoms with van der Waals surface area (Å²) in [5, 5.41) is 8.88. The molecule has 0 aliphatic carbocycles. The minimum atomic E-state index is 0.763. The van der Waals surface area contributed by atoms with Crippen molar-refractivity contribution in [3.63, 3.8) is 0 Å². The molecule has 2 heterocycles. The van der Waals surface area contributed by atoms with E-state index in [1.807, 2.05) is 46.6 Å². The Morgan fingerprint density at radius 1 is 1.12 bits per heavy atom. The first-order valence-electron chi connectivity index (χ1n) is 7.63. The van der Waals surface area contributed by atoms with Crippen molar-refractivity contribution < 1.29 is 9.47 Å². The Bertz CT molecular complexity index is 953. The molecular weight excluding hydrogens is 354 g/mol. The molecule has 0 radical (unpaired) electrons. The average Bonchev–Trinajstić information content (AvgIpc) is 3.31. The van der Waals surface area contributed by atoms with Crippen LogP contribution in [-0.2, 0) is 0 Å². The Morgan fingerprint density at radius 3 is 2.60 bits per heavy atom. The van der Waals surface area contributed by atoms with Crippen molar-refractivity contribution in [3.8, 4) is 22.8 Å². The summed E-state index contributed by atoms with van der Waals surface area (Å²) in [6.45, 7) is 2.00. The highest BCUT2D eigenvalue weighted by Crippen LogP contribution is 2.33. The molecule has 3 rings (SSSR count). The van der Waals surface area contributed by atoms with Gasteiger partial charge >= 0.3 is 0 Å². The van der Waals surface area contributed by atoms with Crippen LogP contribution in [0.15, 0.2) is 51.2 Å². The second-order valence-electron chi connectivity index (χ2n) is 5.17. The van der Waals surface area contributed by atoms with E-state index in [4.69, 9.17) is 14.6 Å². The van der Waals surface area contributed by atoms with Crippen molar-refractivity contribution >= 4 is 28.4 Å². The van der Waals surface area contributed by atoms with Crippen LogP contribution in [0, 0.1) is 0 Å². The summed E-state index contributed by atoms with van der Waals surface area (Å²) >= 11 is 3.20. The fraction of sp³-hybridized carbons (Fsp3) is 0.222. The Morgan fingerprint density at radius 2 is 1.96 bits per heavy atom. The first-order chi connectivity index (χ1) is 12.2. The van der Waals surface area contributed by atoms with Gasteiger partial charge in [-0.05, 0) is 36.6 Å². The molecule has 5 nitrogen and oxygen atoms in total. The third kappa shape index (κ3) is 3.52. The first-order valence-corrected chi connectivity index (χ1v) is 9.39. The van der Waals surface area contributed by atoms with Gasteiger partial charge in [-0.15, -0.1) is 22.7 Å². The number of hydrogen-bond acceptors (Lipinski definition) is 6. The lowest BCUT2D eigenvalue weighted by atomic mass is 10.1. The van der Waals surface area contributed by atoms with E-state index >= 15 is 0 Å². The second-order valence-corrected chi connectivity index (χ2v) is 6.95. The highest BCUT2D eigenvalue weighted by molar-refractivity contribution is 7.12. The van der Waals surface area contributed by atoms with Crippen LogP contribution in [-0.4, -0.2) is 31.7 Å². The zero-order valence-corrected chi connectivity index (χ0v) is 16.1. The Balaban J connectivity index is 2.20. The molecule has 0 bridgehead atoms. The molecule has 25 heavy (non-hydrogen) atoms. The van der Waals surface area contributed by atoms with Gasteiger partial charge in [0.1, 0.15) is 11.5 Å². The van der Waals surface area contributed by atoms with Crippen molar-refractivity contribution in [3.05, 3.63) is 50.8 Å². The zero-order valence-electron chi connectivity index (χ0n) is 14.5. The van der Waals surface area contributed by atoms with E-state index in [0.717, 1.165) is 38.1 Å². The number of ether oxygens (including phenoxy) is 2. The number of thiophene rings is 1.